The summed E-state index contributed by atoms with van der Waals surface area (Å²) >= 11 is 0. The second-order valence-corrected chi connectivity index (χ2v) is 9.10. The second-order valence-electron chi connectivity index (χ2n) is 7.08. The Balaban J connectivity index is 1.88. The molecule has 0 saturated heterocycles. The molecular formula is C22H21N3O3S. The van der Waals surface area contributed by atoms with Crippen molar-refractivity contribution < 1.29 is 13.2 Å². The molecule has 0 unspecified atom stereocenters. The Morgan fingerprint density at radius 2 is 1.55 bits per heavy atom. The van der Waals surface area contributed by atoms with Gasteiger partial charge in [0.15, 0.2) is 0 Å². The number of fused-ring (bicyclic) bond motifs is 2. The number of carbonyl (C=O) groups excluding carboxylic acids is 1. The number of nitrogens with zero attached hydrogens (tertiary/aromatic N) is 1. The van der Waals surface area contributed by atoms with E-state index in [9.17, 15) is 13.2 Å². The minimum absolute atomic E-state index is 0.192. The summed E-state index contributed by atoms with van der Waals surface area (Å²) in [4.78, 5) is 12.7. The van der Waals surface area contributed by atoms with Crippen LogP contribution >= 0.6 is 0 Å². The highest BCUT2D eigenvalue weighted by molar-refractivity contribution is 7.92. The Labute approximate surface area is 170 Å². The summed E-state index contributed by atoms with van der Waals surface area (Å²) in [5.41, 5.74) is 5.87. The van der Waals surface area contributed by atoms with E-state index in [2.05, 4.69) is 10.6 Å². The summed E-state index contributed by atoms with van der Waals surface area (Å²) in [6.07, 6.45) is 1.18. The number of carbonyl (C=O) groups is 1. The summed E-state index contributed by atoms with van der Waals surface area (Å²) in [5.74, 6) is -0.192. The first kappa shape index (κ1) is 19.0. The Morgan fingerprint density at radius 1 is 0.862 bits per heavy atom. The van der Waals surface area contributed by atoms with Crippen molar-refractivity contribution in [3.8, 4) is 11.1 Å². The predicted octanol–water partition coefficient (Wildman–Crippen LogP) is 4.37. The Kier molecular flexibility index (Phi) is 4.55. The first-order valence-electron chi connectivity index (χ1n) is 9.11. The van der Waals surface area contributed by atoms with E-state index in [1.54, 1.807) is 19.2 Å². The molecular weight excluding hydrogens is 386 g/mol. The molecule has 0 spiro atoms. The highest BCUT2D eigenvalue weighted by Gasteiger charge is 2.22. The zero-order chi connectivity index (χ0) is 20.8. The maximum atomic E-state index is 12.7. The van der Waals surface area contributed by atoms with E-state index in [4.69, 9.17) is 0 Å². The lowest BCUT2D eigenvalue weighted by molar-refractivity contribution is 0.102. The van der Waals surface area contributed by atoms with Crippen LogP contribution in [0.15, 0.2) is 60.7 Å². The molecule has 3 aromatic carbocycles. The number of amides is 1. The number of hydrogen-bond donors (Lipinski definition) is 2. The SMILES string of the molecule is Cc1cccc(N(C)S(C)(=O)=O)c1-c1ccc2c(c1)Nc1ccccc1NC2=O. The van der Waals surface area contributed by atoms with E-state index in [1.807, 2.05) is 55.5 Å². The number of sulfonamides is 1. The molecule has 29 heavy (non-hydrogen) atoms. The van der Waals surface area contributed by atoms with Crippen LogP contribution in [0, 0.1) is 6.92 Å². The lowest BCUT2D eigenvalue weighted by atomic mass is 9.96. The molecule has 0 aromatic heterocycles. The van der Waals surface area contributed by atoms with Crippen LogP contribution in [0.2, 0.25) is 0 Å². The zero-order valence-corrected chi connectivity index (χ0v) is 17.2. The van der Waals surface area contributed by atoms with Crippen LogP contribution in [-0.4, -0.2) is 27.6 Å². The predicted molar refractivity (Wildman–Crippen MR) is 118 cm³/mol. The van der Waals surface area contributed by atoms with Gasteiger partial charge in [-0.25, -0.2) is 8.42 Å². The molecule has 1 aliphatic heterocycles. The van der Waals surface area contributed by atoms with Gasteiger partial charge < -0.3 is 10.6 Å². The smallest absolute Gasteiger partial charge is 0.257 e. The van der Waals surface area contributed by atoms with Crippen molar-refractivity contribution in [2.45, 2.75) is 6.92 Å². The zero-order valence-electron chi connectivity index (χ0n) is 16.4. The maximum Gasteiger partial charge on any atom is 0.257 e. The molecule has 1 amide bonds. The van der Waals surface area contributed by atoms with Crippen LogP contribution in [0.25, 0.3) is 11.1 Å². The molecule has 2 N–H and O–H groups in total. The van der Waals surface area contributed by atoms with Crippen molar-refractivity contribution in [1.82, 2.24) is 0 Å². The number of benzene rings is 3. The van der Waals surface area contributed by atoms with Gasteiger partial charge in [0.2, 0.25) is 10.0 Å². The summed E-state index contributed by atoms with van der Waals surface area (Å²) in [5, 5.41) is 6.24. The minimum Gasteiger partial charge on any atom is -0.353 e. The number of hydrogen-bond acceptors (Lipinski definition) is 4. The number of aryl methyl sites for hydroxylation is 1. The van der Waals surface area contributed by atoms with Crippen LogP contribution in [0.5, 0.6) is 0 Å². The molecule has 7 heteroatoms. The third-order valence-corrected chi connectivity index (χ3v) is 6.28. The first-order chi connectivity index (χ1) is 13.8. The fraction of sp³-hybridized carbons (Fsp3) is 0.136. The minimum atomic E-state index is -3.42. The van der Waals surface area contributed by atoms with Crippen LogP contribution < -0.4 is 14.9 Å². The van der Waals surface area contributed by atoms with E-state index in [0.29, 0.717) is 22.6 Å². The van der Waals surface area contributed by atoms with E-state index in [0.717, 1.165) is 22.4 Å². The average Bonchev–Trinajstić information content (AvgIpc) is 2.81. The van der Waals surface area contributed by atoms with Gasteiger partial charge in [-0.05, 0) is 48.4 Å². The second kappa shape index (κ2) is 6.93. The van der Waals surface area contributed by atoms with Gasteiger partial charge in [-0.3, -0.25) is 9.10 Å². The summed E-state index contributed by atoms with van der Waals surface area (Å²) < 4.78 is 25.6. The van der Waals surface area contributed by atoms with Gasteiger partial charge in [-0.1, -0.05) is 30.3 Å². The van der Waals surface area contributed by atoms with Crippen molar-refractivity contribution in [1.29, 1.82) is 0 Å². The monoisotopic (exact) mass is 407 g/mol. The van der Waals surface area contributed by atoms with Crippen molar-refractivity contribution in [2.24, 2.45) is 0 Å². The molecule has 148 valence electrons. The Morgan fingerprint density at radius 3 is 2.24 bits per heavy atom. The summed E-state index contributed by atoms with van der Waals surface area (Å²) in [6.45, 7) is 1.94. The van der Waals surface area contributed by atoms with Gasteiger partial charge in [-0.15, -0.1) is 0 Å². The molecule has 0 radical (unpaired) electrons. The Bertz CT molecular complexity index is 1240. The normalized spacial score (nSPS) is 12.9. The molecule has 1 heterocycles. The van der Waals surface area contributed by atoms with Crippen LogP contribution in [0.4, 0.5) is 22.7 Å². The van der Waals surface area contributed by atoms with Gasteiger partial charge >= 0.3 is 0 Å². The topological polar surface area (TPSA) is 78.5 Å². The van der Waals surface area contributed by atoms with Gasteiger partial charge in [0.1, 0.15) is 0 Å². The standard InChI is InChI=1S/C22H21N3O3S/c1-14-7-6-10-20(25(2)29(3,27)28)21(14)15-11-12-16-19(13-15)23-17-8-4-5-9-18(17)24-22(16)26/h4-13,23H,1-3H3,(H,24,26). The average molecular weight is 407 g/mol. The molecule has 0 bridgehead atoms. The quantitative estimate of drug-likeness (QED) is 0.676. The van der Waals surface area contributed by atoms with Gasteiger partial charge in [0.05, 0.1) is 34.6 Å². The Hall–Kier alpha value is -3.32. The number of para-hydroxylation sites is 2. The van der Waals surface area contributed by atoms with Crippen molar-refractivity contribution in [2.75, 3.05) is 28.2 Å². The van der Waals surface area contributed by atoms with Crippen molar-refractivity contribution in [3.63, 3.8) is 0 Å². The first-order valence-corrected chi connectivity index (χ1v) is 11.0. The van der Waals surface area contributed by atoms with Gasteiger partial charge in [0.25, 0.3) is 5.91 Å². The van der Waals surface area contributed by atoms with Crippen molar-refractivity contribution in [3.05, 3.63) is 71.8 Å². The van der Waals surface area contributed by atoms with E-state index >= 15 is 0 Å². The lowest BCUT2D eigenvalue weighted by Crippen LogP contribution is -2.25. The third kappa shape index (κ3) is 3.45. The van der Waals surface area contributed by atoms with Crippen LogP contribution in [0.3, 0.4) is 0 Å². The summed E-state index contributed by atoms with van der Waals surface area (Å²) in [6, 6.07) is 18.5. The van der Waals surface area contributed by atoms with Crippen LogP contribution in [-0.2, 0) is 10.0 Å². The lowest BCUT2D eigenvalue weighted by Gasteiger charge is -2.22. The largest absolute Gasteiger partial charge is 0.353 e. The van der Waals surface area contributed by atoms with Crippen molar-refractivity contribution >= 4 is 38.7 Å². The molecule has 0 aliphatic carbocycles. The maximum absolute atomic E-state index is 12.7. The fourth-order valence-corrected chi connectivity index (χ4v) is 4.02. The summed E-state index contributed by atoms with van der Waals surface area (Å²) in [7, 11) is -1.88. The van der Waals surface area contributed by atoms with E-state index < -0.39 is 10.0 Å². The fourth-order valence-electron chi connectivity index (χ4n) is 3.51. The van der Waals surface area contributed by atoms with E-state index in [1.165, 1.54) is 10.6 Å². The van der Waals surface area contributed by atoms with E-state index in [-0.39, 0.29) is 5.91 Å². The number of nitrogens with one attached hydrogen (secondary N) is 2. The van der Waals surface area contributed by atoms with Gasteiger partial charge in [-0.2, -0.15) is 0 Å². The third-order valence-electron chi connectivity index (χ3n) is 5.08. The highest BCUT2D eigenvalue weighted by Crippen LogP contribution is 2.39. The molecule has 0 fully saturated rings. The van der Waals surface area contributed by atoms with Crippen LogP contribution in [0.1, 0.15) is 15.9 Å². The number of anilines is 4. The molecule has 0 saturated carbocycles. The van der Waals surface area contributed by atoms with Gasteiger partial charge in [0, 0.05) is 12.6 Å². The molecule has 1 aliphatic rings. The molecule has 6 nitrogen and oxygen atoms in total. The molecule has 0 atom stereocenters. The molecule has 4 rings (SSSR count). The molecule has 3 aromatic rings. The number of rotatable bonds is 3. The highest BCUT2D eigenvalue weighted by atomic mass is 32.2.